The van der Waals surface area contributed by atoms with E-state index >= 15 is 0 Å². The van der Waals surface area contributed by atoms with Crippen LogP contribution in [0.15, 0.2) is 21.8 Å². The Morgan fingerprint density at radius 2 is 2.25 bits per heavy atom. The van der Waals surface area contributed by atoms with Crippen molar-refractivity contribution in [1.29, 1.82) is 0 Å². The Labute approximate surface area is 160 Å². The van der Waals surface area contributed by atoms with Crippen LogP contribution in [-0.2, 0) is 9.53 Å². The quantitative estimate of drug-likeness (QED) is 0.354. The summed E-state index contributed by atoms with van der Waals surface area (Å²) in [5.74, 6) is 1.40. The second-order valence-electron chi connectivity index (χ2n) is 7.95. The molecule has 2 fully saturated rings. The minimum Gasteiger partial charge on any atom is -0.466 e. The highest BCUT2D eigenvalue weighted by Gasteiger charge is 2.50. The minimum atomic E-state index is -0.516. The van der Waals surface area contributed by atoms with Gasteiger partial charge in [0.05, 0.1) is 13.2 Å². The molecule has 0 bridgehead atoms. The Morgan fingerprint density at radius 1 is 1.54 bits per heavy atom. The van der Waals surface area contributed by atoms with Gasteiger partial charge < -0.3 is 9.84 Å². The fraction of sp³-hybridized carbons (Fsp3) is 0.750. The van der Waals surface area contributed by atoms with Gasteiger partial charge in [0.15, 0.2) is 0 Å². The van der Waals surface area contributed by atoms with E-state index in [1.807, 2.05) is 0 Å². The Kier molecular flexibility index (Phi) is 6.94. The first-order chi connectivity index (χ1) is 11.3. The summed E-state index contributed by atoms with van der Waals surface area (Å²) in [5, 5.41) is 10.4. The van der Waals surface area contributed by atoms with Crippen LogP contribution in [-0.4, -0.2) is 24.3 Å². The number of fused-ring (bicyclic) bond motifs is 1. The fourth-order valence-corrected chi connectivity index (χ4v) is 6.08. The van der Waals surface area contributed by atoms with Gasteiger partial charge in [-0.2, -0.15) is 0 Å². The molecular weight excluding hydrogens is 415 g/mol. The van der Waals surface area contributed by atoms with E-state index in [1.54, 1.807) is 5.57 Å². The predicted octanol–water partition coefficient (Wildman–Crippen LogP) is 5.03. The first-order valence-corrected chi connectivity index (χ1v) is 10.3. The molecule has 4 heteroatoms. The van der Waals surface area contributed by atoms with Gasteiger partial charge in [-0.15, -0.1) is 0 Å². The van der Waals surface area contributed by atoms with Crippen LogP contribution in [0, 0.1) is 23.2 Å². The summed E-state index contributed by atoms with van der Waals surface area (Å²) in [6.45, 7) is 8.46. The van der Waals surface area contributed by atoms with E-state index in [-0.39, 0.29) is 0 Å². The summed E-state index contributed by atoms with van der Waals surface area (Å²) in [7, 11) is 1.35. The lowest BCUT2D eigenvalue weighted by Crippen LogP contribution is -2.36. The van der Waals surface area contributed by atoms with Crippen LogP contribution in [0.2, 0.25) is 0 Å². The number of allylic oxidation sites excluding steroid dienone is 1. The predicted molar refractivity (Wildman–Crippen MR) is 106 cm³/mol. The maximum absolute atomic E-state index is 11.5. The Balaban J connectivity index is 1.98. The van der Waals surface area contributed by atoms with E-state index in [0.29, 0.717) is 29.2 Å². The molecule has 0 amide bonds. The molecule has 0 aliphatic heterocycles. The molecule has 0 aromatic carbocycles. The molecule has 2 saturated carbocycles. The second kappa shape index (κ2) is 8.35. The largest absolute Gasteiger partial charge is 0.466 e. The van der Waals surface area contributed by atoms with Crippen molar-refractivity contribution in [3.63, 3.8) is 0 Å². The molecule has 2 rings (SSSR count). The average molecular weight is 446 g/mol. The summed E-state index contributed by atoms with van der Waals surface area (Å²) in [4.78, 5) is 11.5. The number of ether oxygens (including phenoxy) is 1. The number of rotatable bonds is 6. The number of aliphatic hydroxyl groups excluding tert-OH is 1. The molecule has 0 spiro atoms. The molecule has 1 N–H and O–H groups in total. The van der Waals surface area contributed by atoms with Crippen LogP contribution < -0.4 is 0 Å². The SMILES string of the molecule is C=C(C[C@H](O)C[C@@H](C)[C@H]1CCC2C(=CI)CCC[C@]21C)C(=O)OC. The molecule has 24 heavy (non-hydrogen) atoms. The number of carbonyl (C=O) groups is 1. The Bertz CT molecular complexity index is 513. The van der Waals surface area contributed by atoms with Crippen LogP contribution >= 0.6 is 22.6 Å². The molecule has 0 aromatic rings. The van der Waals surface area contributed by atoms with Crippen LogP contribution in [0.25, 0.3) is 0 Å². The van der Waals surface area contributed by atoms with Crippen LogP contribution in [0.3, 0.4) is 0 Å². The number of carbonyl (C=O) groups excluding carboxylic acids is 1. The van der Waals surface area contributed by atoms with Crippen LogP contribution in [0.5, 0.6) is 0 Å². The molecule has 5 atom stereocenters. The molecular formula is C20H31IO3. The number of hydrogen-bond donors (Lipinski definition) is 1. The van der Waals surface area contributed by atoms with E-state index in [1.165, 1.54) is 39.2 Å². The molecule has 3 nitrogen and oxygen atoms in total. The number of esters is 1. The maximum atomic E-state index is 11.5. The van der Waals surface area contributed by atoms with Crippen molar-refractivity contribution in [1.82, 2.24) is 0 Å². The Hall–Kier alpha value is -0.360. The molecule has 136 valence electrons. The third kappa shape index (κ3) is 4.06. The standard InChI is InChI=1S/C20H31IO3/c1-13(10-16(22)11-14(2)19(23)24-4)17-7-8-18-15(12-21)6-5-9-20(17,18)3/h12-13,16-18,22H,2,5-11H2,1,3-4H3/t13-,16-,17-,18?,20+/m1/s1. The van der Waals surface area contributed by atoms with Crippen molar-refractivity contribution in [2.24, 2.45) is 23.2 Å². The number of methoxy groups -OCH3 is 1. The average Bonchev–Trinajstić information content (AvgIpc) is 2.90. The fourth-order valence-electron chi connectivity index (χ4n) is 5.33. The smallest absolute Gasteiger partial charge is 0.333 e. The summed E-state index contributed by atoms with van der Waals surface area (Å²) in [5.41, 5.74) is 2.37. The summed E-state index contributed by atoms with van der Waals surface area (Å²) >= 11 is 2.40. The minimum absolute atomic E-state index is 0.308. The third-order valence-corrected chi connectivity index (χ3v) is 7.26. The van der Waals surface area contributed by atoms with Crippen LogP contribution in [0.1, 0.15) is 58.8 Å². The van der Waals surface area contributed by atoms with Crippen molar-refractivity contribution in [2.45, 2.75) is 64.9 Å². The molecule has 2 aliphatic rings. The van der Waals surface area contributed by atoms with Gasteiger partial charge in [0.25, 0.3) is 0 Å². The van der Waals surface area contributed by atoms with E-state index in [2.05, 4.69) is 51.8 Å². The van der Waals surface area contributed by atoms with Crippen LogP contribution in [0.4, 0.5) is 0 Å². The number of hydrogen-bond acceptors (Lipinski definition) is 3. The van der Waals surface area contributed by atoms with Gasteiger partial charge in [0.1, 0.15) is 0 Å². The highest BCUT2D eigenvalue weighted by molar-refractivity contribution is 14.1. The molecule has 1 unspecified atom stereocenters. The van der Waals surface area contributed by atoms with E-state index in [4.69, 9.17) is 0 Å². The highest BCUT2D eigenvalue weighted by Crippen LogP contribution is 2.60. The van der Waals surface area contributed by atoms with Crippen molar-refractivity contribution in [2.75, 3.05) is 7.11 Å². The Morgan fingerprint density at radius 3 is 2.88 bits per heavy atom. The van der Waals surface area contributed by atoms with Crippen molar-refractivity contribution in [3.8, 4) is 0 Å². The first kappa shape index (κ1) is 20.0. The van der Waals surface area contributed by atoms with Gasteiger partial charge in [-0.1, -0.05) is 48.6 Å². The topological polar surface area (TPSA) is 46.5 Å². The first-order valence-electron chi connectivity index (χ1n) is 9.06. The van der Waals surface area contributed by atoms with Crippen molar-refractivity contribution < 1.29 is 14.6 Å². The number of halogens is 1. The molecule has 0 aromatic heterocycles. The van der Waals surface area contributed by atoms with E-state index < -0.39 is 12.1 Å². The van der Waals surface area contributed by atoms with Gasteiger partial charge >= 0.3 is 5.97 Å². The molecule has 0 heterocycles. The lowest BCUT2D eigenvalue weighted by atomic mass is 9.61. The zero-order chi connectivity index (χ0) is 17.9. The van der Waals surface area contributed by atoms with Gasteiger partial charge in [0.2, 0.25) is 0 Å². The zero-order valence-electron chi connectivity index (χ0n) is 15.2. The molecule has 0 radical (unpaired) electrons. The summed E-state index contributed by atoms with van der Waals surface area (Å²) < 4.78 is 6.98. The lowest BCUT2D eigenvalue weighted by molar-refractivity contribution is -0.136. The zero-order valence-corrected chi connectivity index (χ0v) is 17.3. The van der Waals surface area contributed by atoms with Gasteiger partial charge in [0, 0.05) is 12.0 Å². The van der Waals surface area contributed by atoms with Gasteiger partial charge in [-0.25, -0.2) is 4.79 Å². The monoisotopic (exact) mass is 446 g/mol. The van der Waals surface area contributed by atoms with Crippen molar-refractivity contribution in [3.05, 3.63) is 21.8 Å². The summed E-state index contributed by atoms with van der Waals surface area (Å²) in [6.07, 6.45) is 6.89. The molecule has 0 saturated heterocycles. The van der Waals surface area contributed by atoms with E-state index in [9.17, 15) is 9.90 Å². The maximum Gasteiger partial charge on any atom is 0.333 e. The lowest BCUT2D eigenvalue weighted by Gasteiger charge is -2.44. The summed E-state index contributed by atoms with van der Waals surface area (Å²) in [6, 6.07) is 0. The normalized spacial score (nSPS) is 33.8. The third-order valence-electron chi connectivity index (χ3n) is 6.46. The second-order valence-corrected chi connectivity index (χ2v) is 8.57. The number of aliphatic hydroxyl groups is 1. The van der Waals surface area contributed by atoms with E-state index in [0.717, 1.165) is 12.3 Å². The van der Waals surface area contributed by atoms with Gasteiger partial charge in [-0.05, 0) is 65.8 Å². The highest BCUT2D eigenvalue weighted by atomic mass is 127. The molecule has 2 aliphatic carbocycles. The van der Waals surface area contributed by atoms with Crippen molar-refractivity contribution >= 4 is 28.6 Å². The van der Waals surface area contributed by atoms with Gasteiger partial charge in [-0.3, -0.25) is 0 Å².